The van der Waals surface area contributed by atoms with Crippen LogP contribution >= 0.6 is 11.3 Å². The van der Waals surface area contributed by atoms with Gasteiger partial charge >= 0.3 is 0 Å². The molecule has 0 unspecified atom stereocenters. The van der Waals surface area contributed by atoms with E-state index in [2.05, 4.69) is 29.4 Å². The average Bonchev–Trinajstić information content (AvgIpc) is 3.04. The minimum atomic E-state index is -0.186. The molecule has 4 nitrogen and oxygen atoms in total. The molecule has 25 heavy (non-hydrogen) atoms. The SMILES string of the molecule is CCCCc1ccc(NC(=O)c2sc(N)nc2-c2ccccc2)cc1. The van der Waals surface area contributed by atoms with Gasteiger partial charge in [-0.15, -0.1) is 0 Å². The first-order chi connectivity index (χ1) is 12.2. The lowest BCUT2D eigenvalue weighted by molar-refractivity contribution is 0.103. The summed E-state index contributed by atoms with van der Waals surface area (Å²) >= 11 is 1.21. The topological polar surface area (TPSA) is 68.0 Å². The highest BCUT2D eigenvalue weighted by molar-refractivity contribution is 7.17. The van der Waals surface area contributed by atoms with E-state index in [1.54, 1.807) is 0 Å². The van der Waals surface area contributed by atoms with Crippen LogP contribution in [0.1, 0.15) is 35.0 Å². The number of nitrogens with zero attached hydrogens (tertiary/aromatic N) is 1. The predicted molar refractivity (Wildman–Crippen MR) is 105 cm³/mol. The third kappa shape index (κ3) is 4.25. The smallest absolute Gasteiger partial charge is 0.268 e. The molecule has 0 aliphatic rings. The van der Waals surface area contributed by atoms with Gasteiger partial charge in [-0.05, 0) is 30.5 Å². The Labute approximate surface area is 151 Å². The van der Waals surface area contributed by atoms with Gasteiger partial charge in [0.1, 0.15) is 4.88 Å². The van der Waals surface area contributed by atoms with E-state index in [0.29, 0.717) is 15.7 Å². The fourth-order valence-electron chi connectivity index (χ4n) is 2.61. The first-order valence-electron chi connectivity index (χ1n) is 8.39. The Morgan fingerprint density at radius 1 is 1.12 bits per heavy atom. The first kappa shape index (κ1) is 17.2. The van der Waals surface area contributed by atoms with Crippen molar-refractivity contribution in [3.8, 4) is 11.3 Å². The maximum absolute atomic E-state index is 12.7. The number of carbonyl (C=O) groups is 1. The van der Waals surface area contributed by atoms with E-state index in [0.717, 1.165) is 17.7 Å². The summed E-state index contributed by atoms with van der Waals surface area (Å²) in [5, 5.41) is 3.33. The lowest BCUT2D eigenvalue weighted by Gasteiger charge is -2.07. The molecule has 0 aliphatic carbocycles. The normalized spacial score (nSPS) is 10.6. The maximum atomic E-state index is 12.7. The highest BCUT2D eigenvalue weighted by Crippen LogP contribution is 2.30. The van der Waals surface area contributed by atoms with E-state index in [9.17, 15) is 4.79 Å². The molecule has 0 saturated heterocycles. The molecule has 0 fully saturated rings. The van der Waals surface area contributed by atoms with Crippen molar-refractivity contribution in [2.45, 2.75) is 26.2 Å². The van der Waals surface area contributed by atoms with Crippen LogP contribution in [0.2, 0.25) is 0 Å². The third-order valence-electron chi connectivity index (χ3n) is 3.93. The van der Waals surface area contributed by atoms with Gasteiger partial charge in [0.2, 0.25) is 0 Å². The molecule has 2 aromatic carbocycles. The number of aromatic nitrogens is 1. The van der Waals surface area contributed by atoms with Crippen LogP contribution in [0, 0.1) is 0 Å². The Hall–Kier alpha value is -2.66. The molecule has 128 valence electrons. The number of rotatable bonds is 6. The van der Waals surface area contributed by atoms with Gasteiger partial charge in [0.15, 0.2) is 5.13 Å². The van der Waals surface area contributed by atoms with Crippen LogP contribution in [0.25, 0.3) is 11.3 Å². The van der Waals surface area contributed by atoms with Crippen molar-refractivity contribution < 1.29 is 4.79 Å². The standard InChI is InChI=1S/C20H21N3OS/c1-2-3-7-14-10-12-16(13-11-14)22-19(24)18-17(23-20(21)25-18)15-8-5-4-6-9-15/h4-6,8-13H,2-3,7H2,1H3,(H2,21,23)(H,22,24). The van der Waals surface area contributed by atoms with Crippen LogP contribution < -0.4 is 11.1 Å². The van der Waals surface area contributed by atoms with Crippen molar-refractivity contribution in [1.82, 2.24) is 4.98 Å². The molecule has 0 bridgehead atoms. The number of nitrogens with two attached hydrogens (primary N) is 1. The summed E-state index contributed by atoms with van der Waals surface area (Å²) in [5.41, 5.74) is 9.41. The quantitative estimate of drug-likeness (QED) is 0.657. The molecule has 0 atom stereocenters. The van der Waals surface area contributed by atoms with Gasteiger partial charge in [0.25, 0.3) is 5.91 Å². The maximum Gasteiger partial charge on any atom is 0.268 e. The number of unbranched alkanes of at least 4 members (excludes halogenated alkanes) is 1. The van der Waals surface area contributed by atoms with Crippen LogP contribution in [0.3, 0.4) is 0 Å². The number of thiazole rings is 1. The Morgan fingerprint density at radius 3 is 2.52 bits per heavy atom. The molecule has 5 heteroatoms. The van der Waals surface area contributed by atoms with Gasteiger partial charge in [0, 0.05) is 11.3 Å². The Bertz CT molecular complexity index is 841. The van der Waals surface area contributed by atoms with Crippen molar-refractivity contribution >= 4 is 28.1 Å². The minimum Gasteiger partial charge on any atom is -0.375 e. The molecule has 0 radical (unpaired) electrons. The van der Waals surface area contributed by atoms with Crippen LogP contribution in [0.5, 0.6) is 0 Å². The second-order valence-electron chi connectivity index (χ2n) is 5.85. The second-order valence-corrected chi connectivity index (χ2v) is 6.88. The first-order valence-corrected chi connectivity index (χ1v) is 9.21. The minimum absolute atomic E-state index is 0.186. The van der Waals surface area contributed by atoms with E-state index in [4.69, 9.17) is 5.73 Å². The van der Waals surface area contributed by atoms with Crippen molar-refractivity contribution in [3.05, 3.63) is 65.0 Å². The zero-order valence-electron chi connectivity index (χ0n) is 14.2. The van der Waals surface area contributed by atoms with Crippen molar-refractivity contribution in [3.63, 3.8) is 0 Å². The van der Waals surface area contributed by atoms with Gasteiger partial charge < -0.3 is 11.1 Å². The van der Waals surface area contributed by atoms with Crippen LogP contribution in [-0.2, 0) is 6.42 Å². The molecular formula is C20H21N3OS. The number of hydrogen-bond donors (Lipinski definition) is 2. The molecule has 1 aromatic heterocycles. The van der Waals surface area contributed by atoms with Gasteiger partial charge in [-0.3, -0.25) is 4.79 Å². The third-order valence-corrected chi connectivity index (χ3v) is 4.81. The van der Waals surface area contributed by atoms with E-state index in [1.165, 1.54) is 29.7 Å². The van der Waals surface area contributed by atoms with Crippen LogP contribution in [0.15, 0.2) is 54.6 Å². The van der Waals surface area contributed by atoms with Crippen LogP contribution in [0.4, 0.5) is 10.8 Å². The Balaban J connectivity index is 1.78. The number of aryl methyl sites for hydroxylation is 1. The van der Waals surface area contributed by atoms with E-state index >= 15 is 0 Å². The molecule has 0 spiro atoms. The summed E-state index contributed by atoms with van der Waals surface area (Å²) in [4.78, 5) is 17.5. The molecule has 3 N–H and O–H groups in total. The molecule has 1 heterocycles. The lowest BCUT2D eigenvalue weighted by atomic mass is 10.1. The number of carbonyl (C=O) groups excluding carboxylic acids is 1. The monoisotopic (exact) mass is 351 g/mol. The zero-order valence-corrected chi connectivity index (χ0v) is 15.0. The number of benzene rings is 2. The van der Waals surface area contributed by atoms with E-state index < -0.39 is 0 Å². The van der Waals surface area contributed by atoms with E-state index in [1.807, 2.05) is 42.5 Å². The summed E-state index contributed by atoms with van der Waals surface area (Å²) in [7, 11) is 0. The Kier molecular flexibility index (Phi) is 5.46. The fourth-order valence-corrected chi connectivity index (χ4v) is 3.36. The number of nitrogens with one attached hydrogen (secondary N) is 1. The molecule has 3 aromatic rings. The Morgan fingerprint density at radius 2 is 1.84 bits per heavy atom. The predicted octanol–water partition coefficient (Wildman–Crippen LogP) is 4.99. The molecule has 1 amide bonds. The zero-order chi connectivity index (χ0) is 17.6. The lowest BCUT2D eigenvalue weighted by Crippen LogP contribution is -2.11. The van der Waals surface area contributed by atoms with E-state index in [-0.39, 0.29) is 5.91 Å². The largest absolute Gasteiger partial charge is 0.375 e. The summed E-state index contributed by atoms with van der Waals surface area (Å²) in [6, 6.07) is 17.6. The molecule has 3 rings (SSSR count). The van der Waals surface area contributed by atoms with Crippen molar-refractivity contribution in [2.24, 2.45) is 0 Å². The van der Waals surface area contributed by atoms with Gasteiger partial charge in [-0.1, -0.05) is 67.1 Å². The van der Waals surface area contributed by atoms with Gasteiger partial charge in [-0.2, -0.15) is 0 Å². The summed E-state index contributed by atoms with van der Waals surface area (Å²) in [6.07, 6.45) is 3.41. The molecule has 0 saturated carbocycles. The van der Waals surface area contributed by atoms with Gasteiger partial charge in [-0.25, -0.2) is 4.98 Å². The summed E-state index contributed by atoms with van der Waals surface area (Å²) < 4.78 is 0. The van der Waals surface area contributed by atoms with Gasteiger partial charge in [0.05, 0.1) is 5.69 Å². The van der Waals surface area contributed by atoms with Crippen molar-refractivity contribution in [2.75, 3.05) is 11.1 Å². The number of anilines is 2. The van der Waals surface area contributed by atoms with Crippen LogP contribution in [-0.4, -0.2) is 10.9 Å². The number of amides is 1. The number of hydrogen-bond acceptors (Lipinski definition) is 4. The molecule has 0 aliphatic heterocycles. The second kappa shape index (κ2) is 7.94. The number of nitrogen functional groups attached to an aromatic ring is 1. The highest BCUT2D eigenvalue weighted by atomic mass is 32.1. The highest BCUT2D eigenvalue weighted by Gasteiger charge is 2.18. The molecular weight excluding hydrogens is 330 g/mol. The average molecular weight is 351 g/mol. The van der Waals surface area contributed by atoms with Crippen molar-refractivity contribution in [1.29, 1.82) is 0 Å². The fraction of sp³-hybridized carbons (Fsp3) is 0.200. The summed E-state index contributed by atoms with van der Waals surface area (Å²) in [5.74, 6) is -0.186. The summed E-state index contributed by atoms with van der Waals surface area (Å²) in [6.45, 7) is 2.18.